The molecule has 0 radical (unpaired) electrons. The first-order valence-electron chi connectivity index (χ1n) is 7.24. The molecule has 1 fully saturated rings. The molecule has 0 saturated carbocycles. The highest BCUT2D eigenvalue weighted by atomic mass is 32.2. The molecule has 0 amide bonds. The van der Waals surface area contributed by atoms with E-state index in [-0.39, 0.29) is 5.75 Å². The molecule has 1 unspecified atom stereocenters. The van der Waals surface area contributed by atoms with Gasteiger partial charge in [-0.25, -0.2) is 13.1 Å². The van der Waals surface area contributed by atoms with Gasteiger partial charge in [-0.2, -0.15) is 0 Å². The lowest BCUT2D eigenvalue weighted by molar-refractivity contribution is 0.358. The van der Waals surface area contributed by atoms with Crippen molar-refractivity contribution in [2.45, 2.75) is 25.7 Å². The fraction of sp³-hybridized carbons (Fsp3) is 0.643. The van der Waals surface area contributed by atoms with Crippen molar-refractivity contribution in [3.8, 4) is 0 Å². The van der Waals surface area contributed by atoms with E-state index in [9.17, 15) is 8.42 Å². The summed E-state index contributed by atoms with van der Waals surface area (Å²) in [5, 5.41) is 3.34. The molecule has 2 N–H and O–H groups in total. The van der Waals surface area contributed by atoms with E-state index in [0.29, 0.717) is 18.9 Å². The predicted octanol–water partition coefficient (Wildman–Crippen LogP) is 0.933. The molecule has 1 aromatic rings. The van der Waals surface area contributed by atoms with Crippen molar-refractivity contribution in [2.75, 3.05) is 25.4 Å². The molecule has 1 aliphatic heterocycles. The van der Waals surface area contributed by atoms with Crippen molar-refractivity contribution in [3.05, 3.63) is 30.1 Å². The molecule has 5 nitrogen and oxygen atoms in total. The summed E-state index contributed by atoms with van der Waals surface area (Å²) in [4.78, 5) is 4.14. The molecule has 2 rings (SSSR count). The SMILES string of the molecule is O=S(=O)(CCc1ccccn1)NCCC1CCCNC1. The number of rotatable bonds is 7. The third kappa shape index (κ3) is 5.56. The molecule has 0 aromatic carbocycles. The highest BCUT2D eigenvalue weighted by Gasteiger charge is 2.15. The van der Waals surface area contributed by atoms with Gasteiger partial charge in [0.05, 0.1) is 5.75 Å². The molecule has 6 heteroatoms. The average Bonchev–Trinajstić information content (AvgIpc) is 2.47. The summed E-state index contributed by atoms with van der Waals surface area (Å²) in [6, 6.07) is 5.55. The Labute approximate surface area is 121 Å². The third-order valence-corrected chi connectivity index (χ3v) is 5.01. The Balaban J connectivity index is 1.68. The summed E-state index contributed by atoms with van der Waals surface area (Å²) in [5.41, 5.74) is 0.814. The number of piperidine rings is 1. The molecular weight excluding hydrogens is 274 g/mol. The molecule has 20 heavy (non-hydrogen) atoms. The maximum atomic E-state index is 11.9. The standard InChI is InChI=1S/C14H23N3O2S/c18-20(19,11-7-14-5-1-2-9-16-14)17-10-6-13-4-3-8-15-12-13/h1-2,5,9,13,15,17H,3-4,6-8,10-12H2. The number of aromatic nitrogens is 1. The lowest BCUT2D eigenvalue weighted by Crippen LogP contribution is -2.34. The van der Waals surface area contributed by atoms with E-state index in [0.717, 1.165) is 25.2 Å². The van der Waals surface area contributed by atoms with Crippen molar-refractivity contribution >= 4 is 10.0 Å². The highest BCUT2D eigenvalue weighted by molar-refractivity contribution is 7.89. The van der Waals surface area contributed by atoms with E-state index in [1.54, 1.807) is 6.20 Å². The van der Waals surface area contributed by atoms with Gasteiger partial charge < -0.3 is 5.32 Å². The molecule has 0 bridgehead atoms. The van der Waals surface area contributed by atoms with Gasteiger partial charge in [-0.1, -0.05) is 6.07 Å². The number of hydrogen-bond donors (Lipinski definition) is 2. The summed E-state index contributed by atoms with van der Waals surface area (Å²) in [6.45, 7) is 2.64. The van der Waals surface area contributed by atoms with Gasteiger partial charge in [-0.05, 0) is 50.4 Å². The first kappa shape index (κ1) is 15.4. The maximum Gasteiger partial charge on any atom is 0.211 e. The van der Waals surface area contributed by atoms with E-state index in [4.69, 9.17) is 0 Å². The lowest BCUT2D eigenvalue weighted by Gasteiger charge is -2.22. The van der Waals surface area contributed by atoms with Crippen molar-refractivity contribution < 1.29 is 8.42 Å². The van der Waals surface area contributed by atoms with Crippen LogP contribution in [0.3, 0.4) is 0 Å². The molecular formula is C14H23N3O2S. The second-order valence-electron chi connectivity index (χ2n) is 5.29. The van der Waals surface area contributed by atoms with Gasteiger partial charge in [-0.15, -0.1) is 0 Å². The Morgan fingerprint density at radius 2 is 2.30 bits per heavy atom. The van der Waals surface area contributed by atoms with E-state index >= 15 is 0 Å². The largest absolute Gasteiger partial charge is 0.316 e. The van der Waals surface area contributed by atoms with Crippen LogP contribution < -0.4 is 10.0 Å². The van der Waals surface area contributed by atoms with Gasteiger partial charge >= 0.3 is 0 Å². The van der Waals surface area contributed by atoms with Crippen molar-refractivity contribution in [1.82, 2.24) is 15.0 Å². The minimum absolute atomic E-state index is 0.104. The summed E-state index contributed by atoms with van der Waals surface area (Å²) in [6.07, 6.45) is 5.45. The van der Waals surface area contributed by atoms with Gasteiger partial charge in [0, 0.05) is 24.9 Å². The first-order valence-corrected chi connectivity index (χ1v) is 8.89. The Kier molecular flexibility index (Phi) is 5.94. The Bertz CT molecular complexity index is 484. The topological polar surface area (TPSA) is 71.1 Å². The van der Waals surface area contributed by atoms with Gasteiger partial charge in [0.25, 0.3) is 0 Å². The van der Waals surface area contributed by atoms with Crippen LogP contribution in [0.5, 0.6) is 0 Å². The van der Waals surface area contributed by atoms with Crippen LogP contribution in [0.2, 0.25) is 0 Å². The van der Waals surface area contributed by atoms with Crippen molar-refractivity contribution in [3.63, 3.8) is 0 Å². The van der Waals surface area contributed by atoms with Crippen LogP contribution in [-0.4, -0.2) is 38.8 Å². The van der Waals surface area contributed by atoms with Gasteiger partial charge in [0.2, 0.25) is 10.0 Å². The van der Waals surface area contributed by atoms with Crippen LogP contribution >= 0.6 is 0 Å². The molecule has 0 aliphatic carbocycles. The van der Waals surface area contributed by atoms with Crippen LogP contribution in [0.15, 0.2) is 24.4 Å². The molecule has 2 heterocycles. The molecule has 1 aliphatic rings. The van der Waals surface area contributed by atoms with Gasteiger partial charge in [0.15, 0.2) is 0 Å². The quantitative estimate of drug-likeness (QED) is 0.785. The lowest BCUT2D eigenvalue weighted by atomic mass is 9.96. The Hall–Kier alpha value is -0.980. The number of pyridine rings is 1. The summed E-state index contributed by atoms with van der Waals surface area (Å²) >= 11 is 0. The zero-order valence-corrected chi connectivity index (χ0v) is 12.5. The third-order valence-electron chi connectivity index (χ3n) is 3.63. The monoisotopic (exact) mass is 297 g/mol. The fourth-order valence-electron chi connectivity index (χ4n) is 2.45. The molecule has 112 valence electrons. The molecule has 1 saturated heterocycles. The first-order chi connectivity index (χ1) is 9.66. The van der Waals surface area contributed by atoms with Gasteiger partial charge in [0.1, 0.15) is 0 Å². The highest BCUT2D eigenvalue weighted by Crippen LogP contribution is 2.13. The Morgan fingerprint density at radius 1 is 1.40 bits per heavy atom. The van der Waals surface area contributed by atoms with Gasteiger partial charge in [-0.3, -0.25) is 4.98 Å². The summed E-state index contributed by atoms with van der Waals surface area (Å²) in [7, 11) is -3.19. The minimum Gasteiger partial charge on any atom is -0.316 e. The second kappa shape index (κ2) is 7.71. The second-order valence-corrected chi connectivity index (χ2v) is 7.21. The van der Waals surface area contributed by atoms with Crippen LogP contribution in [0.4, 0.5) is 0 Å². The van der Waals surface area contributed by atoms with E-state index in [1.165, 1.54) is 12.8 Å². The summed E-state index contributed by atoms with van der Waals surface area (Å²) in [5.74, 6) is 0.703. The zero-order chi connectivity index (χ0) is 14.3. The number of nitrogens with zero attached hydrogens (tertiary/aromatic N) is 1. The van der Waals surface area contributed by atoms with E-state index in [1.807, 2.05) is 18.2 Å². The normalized spacial score (nSPS) is 19.9. The number of sulfonamides is 1. The van der Waals surface area contributed by atoms with E-state index < -0.39 is 10.0 Å². The van der Waals surface area contributed by atoms with Crippen LogP contribution in [0, 0.1) is 5.92 Å². The van der Waals surface area contributed by atoms with Crippen LogP contribution in [-0.2, 0) is 16.4 Å². The number of nitrogens with one attached hydrogen (secondary N) is 2. The minimum atomic E-state index is -3.19. The van der Waals surface area contributed by atoms with Crippen molar-refractivity contribution in [1.29, 1.82) is 0 Å². The molecule has 1 aromatic heterocycles. The molecule has 1 atom stereocenters. The fourth-order valence-corrected chi connectivity index (χ4v) is 3.50. The number of aryl methyl sites for hydroxylation is 1. The van der Waals surface area contributed by atoms with Crippen LogP contribution in [0.25, 0.3) is 0 Å². The van der Waals surface area contributed by atoms with E-state index in [2.05, 4.69) is 15.0 Å². The Morgan fingerprint density at radius 3 is 3.00 bits per heavy atom. The van der Waals surface area contributed by atoms with Crippen molar-refractivity contribution in [2.24, 2.45) is 5.92 Å². The summed E-state index contributed by atoms with van der Waals surface area (Å²) < 4.78 is 26.5. The average molecular weight is 297 g/mol. The molecule has 0 spiro atoms. The zero-order valence-electron chi connectivity index (χ0n) is 11.7. The van der Waals surface area contributed by atoms with Crippen LogP contribution in [0.1, 0.15) is 25.0 Å². The maximum absolute atomic E-state index is 11.9. The predicted molar refractivity (Wildman–Crippen MR) is 79.9 cm³/mol. The number of hydrogen-bond acceptors (Lipinski definition) is 4. The smallest absolute Gasteiger partial charge is 0.211 e.